The molecule has 1 aromatic heterocycles. The predicted molar refractivity (Wildman–Crippen MR) is 73.9 cm³/mol. The number of hydrogen-bond donors (Lipinski definition) is 0. The zero-order chi connectivity index (χ0) is 13.7. The highest BCUT2D eigenvalue weighted by atomic mass is 16.5. The number of likely N-dealkylation sites (tertiary alicyclic amines) is 1. The maximum Gasteiger partial charge on any atom is 0.226 e. The van der Waals surface area contributed by atoms with E-state index in [1.165, 1.54) is 19.3 Å². The van der Waals surface area contributed by atoms with Crippen molar-refractivity contribution in [3.05, 3.63) is 17.5 Å². The Hall–Kier alpha value is -1.32. The Morgan fingerprint density at radius 2 is 2.20 bits per heavy atom. The Labute approximate surface area is 119 Å². The minimum atomic E-state index is 0.131. The molecule has 4 rings (SSSR count). The Morgan fingerprint density at radius 3 is 2.85 bits per heavy atom. The number of carbonyl (C=O) groups excluding carboxylic acids is 1. The average Bonchev–Trinajstić information content (AvgIpc) is 2.82. The molecule has 1 amide bonds. The summed E-state index contributed by atoms with van der Waals surface area (Å²) in [7, 11) is 0. The number of carbonyl (C=O) groups is 1. The van der Waals surface area contributed by atoms with Crippen LogP contribution in [0.4, 0.5) is 0 Å². The van der Waals surface area contributed by atoms with Crippen LogP contribution in [0.3, 0.4) is 0 Å². The van der Waals surface area contributed by atoms with Crippen molar-refractivity contribution in [1.82, 2.24) is 10.1 Å². The molecule has 0 N–H and O–H groups in total. The summed E-state index contributed by atoms with van der Waals surface area (Å²) in [5.41, 5.74) is 0.901. The van der Waals surface area contributed by atoms with Gasteiger partial charge in [-0.15, -0.1) is 0 Å². The summed E-state index contributed by atoms with van der Waals surface area (Å²) in [5, 5.41) is 3.97. The van der Waals surface area contributed by atoms with Crippen LogP contribution < -0.4 is 0 Å². The Kier molecular flexibility index (Phi) is 2.86. The molecule has 0 aromatic carbocycles. The van der Waals surface area contributed by atoms with Gasteiger partial charge < -0.3 is 9.42 Å². The lowest BCUT2D eigenvalue weighted by atomic mass is 9.81. The minimum absolute atomic E-state index is 0.131. The van der Waals surface area contributed by atoms with Crippen molar-refractivity contribution in [1.29, 1.82) is 0 Å². The molecule has 3 atom stereocenters. The quantitative estimate of drug-likeness (QED) is 0.851. The standard InChI is InChI=1S/C16H22N2O2/c1-10-8-15(20-17-10)14-6-3-7-18(14)16(19)13-9-12(13)11-4-2-5-11/h8,11-14H,2-7,9H2,1H3/t12-,13+,14+/m1/s1. The molecule has 2 aliphatic carbocycles. The topological polar surface area (TPSA) is 46.3 Å². The van der Waals surface area contributed by atoms with Gasteiger partial charge in [-0.25, -0.2) is 0 Å². The highest BCUT2D eigenvalue weighted by Crippen LogP contribution is 2.53. The van der Waals surface area contributed by atoms with E-state index in [-0.39, 0.29) is 6.04 Å². The molecule has 3 fully saturated rings. The van der Waals surface area contributed by atoms with Crippen LogP contribution in [0.15, 0.2) is 10.6 Å². The second-order valence-corrected chi connectivity index (χ2v) is 6.76. The Bertz CT molecular complexity index is 520. The molecule has 0 spiro atoms. The molecule has 2 saturated carbocycles. The van der Waals surface area contributed by atoms with E-state index in [2.05, 4.69) is 10.1 Å². The molecular weight excluding hydrogens is 252 g/mol. The number of amides is 1. The van der Waals surface area contributed by atoms with Crippen LogP contribution in [0, 0.1) is 24.7 Å². The first-order valence-electron chi connectivity index (χ1n) is 7.98. The van der Waals surface area contributed by atoms with Gasteiger partial charge in [0, 0.05) is 18.5 Å². The van der Waals surface area contributed by atoms with E-state index in [9.17, 15) is 4.79 Å². The predicted octanol–water partition coefficient (Wildman–Crippen LogP) is 3.08. The zero-order valence-corrected chi connectivity index (χ0v) is 12.0. The number of hydrogen-bond acceptors (Lipinski definition) is 3. The summed E-state index contributed by atoms with van der Waals surface area (Å²) < 4.78 is 5.39. The molecule has 108 valence electrons. The largest absolute Gasteiger partial charge is 0.359 e. The molecule has 1 aromatic rings. The minimum Gasteiger partial charge on any atom is -0.359 e. The highest BCUT2D eigenvalue weighted by molar-refractivity contribution is 5.82. The molecule has 0 unspecified atom stereocenters. The van der Waals surface area contributed by atoms with E-state index < -0.39 is 0 Å². The fourth-order valence-electron chi connectivity index (χ4n) is 3.97. The molecule has 0 bridgehead atoms. The lowest BCUT2D eigenvalue weighted by Crippen LogP contribution is -2.32. The first kappa shape index (κ1) is 12.4. The molecule has 4 nitrogen and oxygen atoms in total. The third-order valence-electron chi connectivity index (χ3n) is 5.42. The van der Waals surface area contributed by atoms with Gasteiger partial charge in [-0.05, 0) is 38.0 Å². The van der Waals surface area contributed by atoms with Crippen LogP contribution in [0.5, 0.6) is 0 Å². The van der Waals surface area contributed by atoms with Crippen LogP contribution in [-0.4, -0.2) is 22.5 Å². The van der Waals surface area contributed by atoms with Gasteiger partial charge >= 0.3 is 0 Å². The van der Waals surface area contributed by atoms with Crippen molar-refractivity contribution in [3.63, 3.8) is 0 Å². The summed E-state index contributed by atoms with van der Waals surface area (Å²) in [4.78, 5) is 14.8. The van der Waals surface area contributed by atoms with E-state index in [0.29, 0.717) is 17.7 Å². The molecule has 20 heavy (non-hydrogen) atoms. The van der Waals surface area contributed by atoms with Gasteiger partial charge in [0.05, 0.1) is 11.7 Å². The summed E-state index contributed by atoms with van der Waals surface area (Å²) in [6.45, 7) is 2.82. The fourth-order valence-corrected chi connectivity index (χ4v) is 3.97. The normalized spacial score (nSPS) is 33.2. The highest BCUT2D eigenvalue weighted by Gasteiger charge is 2.51. The van der Waals surface area contributed by atoms with E-state index >= 15 is 0 Å². The third kappa shape index (κ3) is 1.97. The van der Waals surface area contributed by atoms with Gasteiger partial charge in [0.2, 0.25) is 5.91 Å². The van der Waals surface area contributed by atoms with Gasteiger partial charge in [-0.2, -0.15) is 0 Å². The monoisotopic (exact) mass is 274 g/mol. The zero-order valence-electron chi connectivity index (χ0n) is 12.0. The van der Waals surface area contributed by atoms with Crippen molar-refractivity contribution >= 4 is 5.91 Å². The molecule has 2 heterocycles. The van der Waals surface area contributed by atoms with Crippen LogP contribution in [-0.2, 0) is 4.79 Å². The second-order valence-electron chi connectivity index (χ2n) is 6.76. The summed E-state index contributed by atoms with van der Waals surface area (Å²) >= 11 is 0. The van der Waals surface area contributed by atoms with Crippen molar-refractivity contribution in [2.24, 2.45) is 17.8 Å². The van der Waals surface area contributed by atoms with Crippen molar-refractivity contribution < 1.29 is 9.32 Å². The van der Waals surface area contributed by atoms with E-state index in [0.717, 1.165) is 43.2 Å². The first-order chi connectivity index (χ1) is 9.74. The van der Waals surface area contributed by atoms with Crippen molar-refractivity contribution in [2.45, 2.75) is 51.5 Å². The second kappa shape index (κ2) is 4.61. The summed E-state index contributed by atoms with van der Waals surface area (Å²) in [6, 6.07) is 2.11. The Balaban J connectivity index is 1.45. The van der Waals surface area contributed by atoms with Crippen LogP contribution in [0.25, 0.3) is 0 Å². The molecule has 4 heteroatoms. The number of rotatable bonds is 3. The average molecular weight is 274 g/mol. The van der Waals surface area contributed by atoms with Gasteiger partial charge in [0.25, 0.3) is 0 Å². The molecule has 1 saturated heterocycles. The number of aryl methyl sites for hydroxylation is 1. The summed E-state index contributed by atoms with van der Waals surface area (Å²) in [5.74, 6) is 3.09. The van der Waals surface area contributed by atoms with Gasteiger partial charge in [0.1, 0.15) is 0 Å². The first-order valence-corrected chi connectivity index (χ1v) is 7.98. The van der Waals surface area contributed by atoms with Crippen molar-refractivity contribution in [2.75, 3.05) is 6.54 Å². The number of aromatic nitrogens is 1. The van der Waals surface area contributed by atoms with E-state index in [1.807, 2.05) is 13.0 Å². The maximum atomic E-state index is 12.7. The molecule has 0 radical (unpaired) electrons. The fraction of sp³-hybridized carbons (Fsp3) is 0.750. The summed E-state index contributed by atoms with van der Waals surface area (Å²) in [6.07, 6.45) is 7.28. The maximum absolute atomic E-state index is 12.7. The lowest BCUT2D eigenvalue weighted by molar-refractivity contribution is -0.134. The molecule has 3 aliphatic rings. The van der Waals surface area contributed by atoms with Crippen molar-refractivity contribution in [3.8, 4) is 0 Å². The third-order valence-corrected chi connectivity index (χ3v) is 5.42. The lowest BCUT2D eigenvalue weighted by Gasteiger charge is -2.27. The van der Waals surface area contributed by atoms with Gasteiger partial charge in [0.15, 0.2) is 5.76 Å². The van der Waals surface area contributed by atoms with E-state index in [1.54, 1.807) is 0 Å². The van der Waals surface area contributed by atoms with Crippen LogP contribution in [0.1, 0.15) is 56.0 Å². The number of nitrogens with zero attached hydrogens (tertiary/aromatic N) is 2. The molecule has 1 aliphatic heterocycles. The Morgan fingerprint density at radius 1 is 1.35 bits per heavy atom. The van der Waals surface area contributed by atoms with Crippen LogP contribution in [0.2, 0.25) is 0 Å². The smallest absolute Gasteiger partial charge is 0.226 e. The van der Waals surface area contributed by atoms with Gasteiger partial charge in [-0.3, -0.25) is 4.79 Å². The SMILES string of the molecule is Cc1cc([C@@H]2CCCN2C(=O)[C@H]2C[C@@H]2C2CCC2)on1. The molecular formula is C16H22N2O2. The van der Waals surface area contributed by atoms with E-state index in [4.69, 9.17) is 4.52 Å². The van der Waals surface area contributed by atoms with Gasteiger partial charge in [-0.1, -0.05) is 24.4 Å². The van der Waals surface area contributed by atoms with Crippen LogP contribution >= 0.6 is 0 Å².